The molecule has 8 heteroatoms. The average molecular weight is 417 g/mol. The zero-order valence-electron chi connectivity index (χ0n) is 16.7. The number of fused-ring (bicyclic) bond motifs is 1. The number of rotatable bonds is 6. The molecule has 0 bridgehead atoms. The van der Waals surface area contributed by atoms with Gasteiger partial charge in [-0.05, 0) is 32.8 Å². The summed E-state index contributed by atoms with van der Waals surface area (Å²) in [5, 5.41) is 3.05. The van der Waals surface area contributed by atoms with Crippen LogP contribution in [0.2, 0.25) is 5.02 Å². The van der Waals surface area contributed by atoms with Gasteiger partial charge in [0.2, 0.25) is 5.95 Å². The van der Waals surface area contributed by atoms with Crippen molar-refractivity contribution < 1.29 is 14.3 Å². The molecule has 29 heavy (non-hydrogen) atoms. The molecule has 1 aromatic heterocycles. The lowest BCUT2D eigenvalue weighted by molar-refractivity contribution is 0.0941. The number of ether oxygens (including phenoxy) is 2. The predicted octanol–water partition coefficient (Wildman–Crippen LogP) is 3.25. The summed E-state index contributed by atoms with van der Waals surface area (Å²) in [5.74, 6) is 1.70. The zero-order chi connectivity index (χ0) is 20.4. The maximum absolute atomic E-state index is 12.5. The van der Waals surface area contributed by atoms with E-state index < -0.39 is 0 Å². The number of nitrogens with zero attached hydrogens (tertiary/aromatic N) is 3. The van der Waals surface area contributed by atoms with E-state index in [-0.39, 0.29) is 22.2 Å². The van der Waals surface area contributed by atoms with Gasteiger partial charge in [0.05, 0.1) is 17.8 Å². The summed E-state index contributed by atoms with van der Waals surface area (Å²) in [6.07, 6.45) is 4.55. The van der Waals surface area contributed by atoms with Crippen molar-refractivity contribution in [2.75, 3.05) is 31.1 Å². The number of para-hydroxylation sites is 1. The van der Waals surface area contributed by atoms with Gasteiger partial charge in [0.1, 0.15) is 12.2 Å². The van der Waals surface area contributed by atoms with Gasteiger partial charge >= 0.3 is 0 Å². The highest BCUT2D eigenvalue weighted by Crippen LogP contribution is 2.41. The molecule has 0 radical (unpaired) electrons. The number of hydrogen-bond acceptors (Lipinski definition) is 6. The maximum atomic E-state index is 12.5. The summed E-state index contributed by atoms with van der Waals surface area (Å²) >= 11 is 6.14. The number of nitrogens with one attached hydrogen (secondary N) is 1. The fourth-order valence-corrected chi connectivity index (χ4v) is 3.87. The predicted molar refractivity (Wildman–Crippen MR) is 111 cm³/mol. The second-order valence-corrected chi connectivity index (χ2v) is 8.36. The van der Waals surface area contributed by atoms with Gasteiger partial charge in [-0.25, -0.2) is 9.97 Å². The summed E-state index contributed by atoms with van der Waals surface area (Å²) in [4.78, 5) is 23.2. The Bertz CT molecular complexity index is 913. The lowest BCUT2D eigenvalue weighted by Gasteiger charge is -2.18. The number of carbonyl (C=O) groups is 1. The Kier molecular flexibility index (Phi) is 5.50. The summed E-state index contributed by atoms with van der Waals surface area (Å²) in [7, 11) is 0. The number of carbonyl (C=O) groups excluding carboxylic acids is 1. The number of anilines is 1. The summed E-state index contributed by atoms with van der Waals surface area (Å²) in [6.45, 7) is 6.55. The highest BCUT2D eigenvalue weighted by Gasteiger charge is 2.32. The molecule has 1 fully saturated rings. The minimum Gasteiger partial charge on any atom is -0.488 e. The van der Waals surface area contributed by atoms with Gasteiger partial charge < -0.3 is 19.7 Å². The molecule has 0 spiro atoms. The standard InChI is InChI=1S/C21H25ClN4O3/c1-21(2)12-14-6-5-7-16(18(14)29-21)28-11-8-23-19(27)17-15(22)13-24-20(25-17)26-9-3-4-10-26/h5-7,13H,3-4,8-12H2,1-2H3,(H,23,27). The van der Waals surface area contributed by atoms with Crippen molar-refractivity contribution in [1.29, 1.82) is 0 Å². The number of benzene rings is 1. The lowest BCUT2D eigenvalue weighted by Crippen LogP contribution is -2.30. The molecule has 1 saturated heterocycles. The van der Waals surface area contributed by atoms with Gasteiger partial charge in [0.15, 0.2) is 17.2 Å². The van der Waals surface area contributed by atoms with Crippen LogP contribution in [0.1, 0.15) is 42.7 Å². The monoisotopic (exact) mass is 416 g/mol. The van der Waals surface area contributed by atoms with E-state index in [1.807, 2.05) is 18.2 Å². The first kappa shape index (κ1) is 19.8. The Hall–Kier alpha value is -2.54. The van der Waals surface area contributed by atoms with Crippen LogP contribution < -0.4 is 19.7 Å². The maximum Gasteiger partial charge on any atom is 0.271 e. The molecule has 0 unspecified atom stereocenters. The van der Waals surface area contributed by atoms with Crippen LogP contribution in [0.15, 0.2) is 24.4 Å². The van der Waals surface area contributed by atoms with Gasteiger partial charge in [-0.3, -0.25) is 4.79 Å². The Morgan fingerprint density at radius 2 is 2.14 bits per heavy atom. The molecule has 3 heterocycles. The summed E-state index contributed by atoms with van der Waals surface area (Å²) in [5.41, 5.74) is 1.10. The van der Waals surface area contributed by atoms with E-state index >= 15 is 0 Å². The fraction of sp³-hybridized carbons (Fsp3) is 0.476. The quantitative estimate of drug-likeness (QED) is 0.728. The smallest absolute Gasteiger partial charge is 0.271 e. The molecule has 1 amide bonds. The first-order valence-corrected chi connectivity index (χ1v) is 10.3. The Morgan fingerprint density at radius 3 is 2.93 bits per heavy atom. The third-order valence-corrected chi connectivity index (χ3v) is 5.31. The highest BCUT2D eigenvalue weighted by molar-refractivity contribution is 6.33. The van der Waals surface area contributed by atoms with Crippen LogP contribution in [0, 0.1) is 0 Å². The average Bonchev–Trinajstić information content (AvgIpc) is 3.32. The summed E-state index contributed by atoms with van der Waals surface area (Å²) < 4.78 is 11.8. The molecule has 2 aliphatic rings. The molecule has 0 atom stereocenters. The van der Waals surface area contributed by atoms with Crippen molar-refractivity contribution in [3.8, 4) is 11.5 Å². The molecule has 1 aromatic carbocycles. The van der Waals surface area contributed by atoms with E-state index in [4.69, 9.17) is 21.1 Å². The van der Waals surface area contributed by atoms with Gasteiger partial charge in [0.25, 0.3) is 5.91 Å². The van der Waals surface area contributed by atoms with E-state index in [0.717, 1.165) is 43.7 Å². The SMILES string of the molecule is CC1(C)Cc2cccc(OCCNC(=O)c3nc(N4CCCC4)ncc3Cl)c2O1. The number of halogens is 1. The van der Waals surface area contributed by atoms with Gasteiger partial charge in [-0.2, -0.15) is 0 Å². The van der Waals surface area contributed by atoms with E-state index in [2.05, 4.69) is 34.0 Å². The van der Waals surface area contributed by atoms with Crippen molar-refractivity contribution in [3.63, 3.8) is 0 Å². The topological polar surface area (TPSA) is 76.6 Å². The van der Waals surface area contributed by atoms with Gasteiger partial charge in [-0.1, -0.05) is 23.7 Å². The van der Waals surface area contributed by atoms with Gasteiger partial charge in [0, 0.05) is 25.1 Å². The van der Waals surface area contributed by atoms with Crippen LogP contribution in [-0.2, 0) is 6.42 Å². The number of hydrogen-bond donors (Lipinski definition) is 1. The van der Waals surface area contributed by atoms with E-state index in [1.54, 1.807) is 0 Å². The third kappa shape index (κ3) is 4.40. The fourth-order valence-electron chi connectivity index (χ4n) is 3.70. The minimum atomic E-state index is -0.336. The zero-order valence-corrected chi connectivity index (χ0v) is 17.5. The van der Waals surface area contributed by atoms with E-state index in [0.29, 0.717) is 24.8 Å². The van der Waals surface area contributed by atoms with Crippen LogP contribution in [0.3, 0.4) is 0 Å². The molecule has 154 valence electrons. The molecule has 4 rings (SSSR count). The largest absolute Gasteiger partial charge is 0.488 e. The molecule has 2 aromatic rings. The normalized spacial score (nSPS) is 17.0. The lowest BCUT2D eigenvalue weighted by atomic mass is 10.0. The van der Waals surface area contributed by atoms with E-state index in [9.17, 15) is 4.79 Å². The molecule has 0 saturated carbocycles. The Balaban J connectivity index is 1.34. The molecule has 7 nitrogen and oxygen atoms in total. The molecule has 1 N–H and O–H groups in total. The molecular formula is C21H25ClN4O3. The third-order valence-electron chi connectivity index (χ3n) is 5.04. The molecule has 2 aliphatic heterocycles. The van der Waals surface area contributed by atoms with Crippen molar-refractivity contribution in [2.24, 2.45) is 0 Å². The van der Waals surface area contributed by atoms with Crippen LogP contribution in [0.4, 0.5) is 5.95 Å². The van der Waals surface area contributed by atoms with E-state index in [1.165, 1.54) is 6.20 Å². The van der Waals surface area contributed by atoms with Gasteiger partial charge in [-0.15, -0.1) is 0 Å². The number of amides is 1. The Morgan fingerprint density at radius 1 is 1.34 bits per heavy atom. The highest BCUT2D eigenvalue weighted by atomic mass is 35.5. The molecule has 0 aliphatic carbocycles. The van der Waals surface area contributed by atoms with Crippen LogP contribution >= 0.6 is 11.6 Å². The van der Waals surface area contributed by atoms with Crippen molar-refractivity contribution >= 4 is 23.5 Å². The van der Waals surface area contributed by atoms with Crippen molar-refractivity contribution in [2.45, 2.75) is 38.7 Å². The summed E-state index contributed by atoms with van der Waals surface area (Å²) in [6, 6.07) is 5.89. The second kappa shape index (κ2) is 8.06. The van der Waals surface area contributed by atoms with Crippen LogP contribution in [0.25, 0.3) is 0 Å². The molecular weight excluding hydrogens is 392 g/mol. The second-order valence-electron chi connectivity index (χ2n) is 7.95. The van der Waals surface area contributed by atoms with Crippen LogP contribution in [-0.4, -0.2) is 47.7 Å². The number of aromatic nitrogens is 2. The van der Waals surface area contributed by atoms with Crippen molar-refractivity contribution in [3.05, 3.63) is 40.7 Å². The Labute approximate surface area is 175 Å². The van der Waals surface area contributed by atoms with Crippen LogP contribution in [0.5, 0.6) is 11.5 Å². The minimum absolute atomic E-state index is 0.189. The first-order valence-electron chi connectivity index (χ1n) is 9.92. The van der Waals surface area contributed by atoms with Crippen molar-refractivity contribution in [1.82, 2.24) is 15.3 Å². The first-order chi connectivity index (χ1) is 13.9.